The highest BCUT2D eigenvalue weighted by Gasteiger charge is 2.40. The molecule has 0 aromatic heterocycles. The van der Waals surface area contributed by atoms with Crippen molar-refractivity contribution in [3.63, 3.8) is 0 Å². The van der Waals surface area contributed by atoms with Crippen LogP contribution in [0.25, 0.3) is 0 Å². The van der Waals surface area contributed by atoms with Crippen molar-refractivity contribution in [2.45, 2.75) is 44.6 Å². The Morgan fingerprint density at radius 2 is 2.00 bits per heavy atom. The van der Waals surface area contributed by atoms with Crippen LogP contribution in [-0.2, 0) is 0 Å². The van der Waals surface area contributed by atoms with E-state index in [9.17, 15) is 0 Å². The molecular weight excluding hydrogens is 160 g/mol. The van der Waals surface area contributed by atoms with Gasteiger partial charge in [-0.25, -0.2) is 0 Å². The Morgan fingerprint density at radius 1 is 1.23 bits per heavy atom. The molecule has 2 aliphatic rings. The predicted molar refractivity (Wildman–Crippen MR) is 55.9 cm³/mol. The smallest absolute Gasteiger partial charge is 0.0234 e. The summed E-state index contributed by atoms with van der Waals surface area (Å²) in [6, 6.07) is 0. The summed E-state index contributed by atoms with van der Waals surface area (Å²) in [5.41, 5.74) is 0.612. The topological polar surface area (TPSA) is 15.3 Å². The maximum atomic E-state index is 3.47. The molecule has 0 amide bonds. The number of piperidine rings is 1. The van der Waals surface area contributed by atoms with Gasteiger partial charge in [0.05, 0.1) is 0 Å². The van der Waals surface area contributed by atoms with Crippen LogP contribution in [0, 0.1) is 0 Å². The van der Waals surface area contributed by atoms with Crippen molar-refractivity contribution >= 4 is 0 Å². The van der Waals surface area contributed by atoms with Crippen molar-refractivity contribution < 1.29 is 0 Å². The van der Waals surface area contributed by atoms with Gasteiger partial charge in [0.2, 0.25) is 0 Å². The van der Waals surface area contributed by atoms with Gasteiger partial charge < -0.3 is 5.32 Å². The number of likely N-dealkylation sites (tertiary alicyclic amines) is 1. The minimum absolute atomic E-state index is 0.612. The second-order valence-corrected chi connectivity index (χ2v) is 4.56. The maximum absolute atomic E-state index is 3.47. The van der Waals surface area contributed by atoms with Gasteiger partial charge in [-0.15, -0.1) is 0 Å². The van der Waals surface area contributed by atoms with Crippen molar-refractivity contribution in [3.05, 3.63) is 0 Å². The third-order valence-electron chi connectivity index (χ3n) is 3.77. The van der Waals surface area contributed by atoms with Crippen molar-refractivity contribution in [2.75, 3.05) is 26.2 Å². The highest BCUT2D eigenvalue weighted by molar-refractivity contribution is 4.98. The SMILES string of the molecule is CCCN1CCCC12CCNCC2. The molecule has 0 bridgehead atoms. The van der Waals surface area contributed by atoms with Crippen LogP contribution in [0.3, 0.4) is 0 Å². The highest BCUT2D eigenvalue weighted by Crippen LogP contribution is 2.36. The lowest BCUT2D eigenvalue weighted by atomic mass is 9.86. The molecule has 0 aromatic rings. The van der Waals surface area contributed by atoms with E-state index in [0.29, 0.717) is 5.54 Å². The Labute approximate surface area is 81.7 Å². The molecule has 0 unspecified atom stereocenters. The molecule has 2 nitrogen and oxygen atoms in total. The van der Waals surface area contributed by atoms with Crippen molar-refractivity contribution in [3.8, 4) is 0 Å². The van der Waals surface area contributed by atoms with Gasteiger partial charge in [-0.2, -0.15) is 0 Å². The first-order chi connectivity index (χ1) is 6.37. The fraction of sp³-hybridized carbons (Fsp3) is 1.00. The van der Waals surface area contributed by atoms with E-state index in [1.165, 1.54) is 58.3 Å². The van der Waals surface area contributed by atoms with Gasteiger partial charge >= 0.3 is 0 Å². The Bertz CT molecular complexity index is 161. The molecule has 13 heavy (non-hydrogen) atoms. The zero-order valence-corrected chi connectivity index (χ0v) is 8.81. The Hall–Kier alpha value is -0.0800. The van der Waals surface area contributed by atoms with Crippen LogP contribution in [0.2, 0.25) is 0 Å². The van der Waals surface area contributed by atoms with E-state index in [1.54, 1.807) is 0 Å². The summed E-state index contributed by atoms with van der Waals surface area (Å²) in [6.45, 7) is 7.45. The van der Waals surface area contributed by atoms with Gasteiger partial charge in [0.25, 0.3) is 0 Å². The number of nitrogens with one attached hydrogen (secondary N) is 1. The molecule has 2 fully saturated rings. The van der Waals surface area contributed by atoms with Gasteiger partial charge in [-0.1, -0.05) is 6.92 Å². The summed E-state index contributed by atoms with van der Waals surface area (Å²) in [5.74, 6) is 0. The number of rotatable bonds is 2. The van der Waals surface area contributed by atoms with Crippen LogP contribution in [0.15, 0.2) is 0 Å². The van der Waals surface area contributed by atoms with E-state index in [-0.39, 0.29) is 0 Å². The second kappa shape index (κ2) is 3.97. The van der Waals surface area contributed by atoms with E-state index in [0.717, 1.165) is 0 Å². The standard InChI is InChI=1S/C11H22N2/c1-2-9-13-10-3-4-11(13)5-7-12-8-6-11/h12H,2-10H2,1H3. The Kier molecular flexibility index (Phi) is 2.89. The van der Waals surface area contributed by atoms with Gasteiger partial charge in [-0.05, 0) is 58.3 Å². The van der Waals surface area contributed by atoms with Crippen LogP contribution >= 0.6 is 0 Å². The van der Waals surface area contributed by atoms with E-state index >= 15 is 0 Å². The van der Waals surface area contributed by atoms with Crippen molar-refractivity contribution in [1.29, 1.82) is 0 Å². The quantitative estimate of drug-likeness (QED) is 0.698. The fourth-order valence-electron chi connectivity index (χ4n) is 3.07. The maximum Gasteiger partial charge on any atom is 0.0234 e. The molecule has 2 aliphatic heterocycles. The van der Waals surface area contributed by atoms with Gasteiger partial charge in [-0.3, -0.25) is 4.90 Å². The van der Waals surface area contributed by atoms with Gasteiger partial charge in [0.15, 0.2) is 0 Å². The van der Waals surface area contributed by atoms with Crippen LogP contribution in [0.5, 0.6) is 0 Å². The molecule has 0 radical (unpaired) electrons. The molecule has 2 rings (SSSR count). The zero-order valence-electron chi connectivity index (χ0n) is 8.81. The molecule has 2 heterocycles. The van der Waals surface area contributed by atoms with Crippen LogP contribution in [0.1, 0.15) is 39.0 Å². The molecule has 0 atom stereocenters. The van der Waals surface area contributed by atoms with Crippen LogP contribution < -0.4 is 5.32 Å². The lowest BCUT2D eigenvalue weighted by Gasteiger charge is -2.42. The zero-order chi connectivity index (χ0) is 9.15. The van der Waals surface area contributed by atoms with Crippen molar-refractivity contribution in [2.24, 2.45) is 0 Å². The lowest BCUT2D eigenvalue weighted by molar-refractivity contribution is 0.100. The molecule has 2 heteroatoms. The molecule has 0 aromatic carbocycles. The third-order valence-corrected chi connectivity index (χ3v) is 3.77. The summed E-state index contributed by atoms with van der Waals surface area (Å²) in [4.78, 5) is 2.76. The van der Waals surface area contributed by atoms with E-state index < -0.39 is 0 Å². The fourth-order valence-corrected chi connectivity index (χ4v) is 3.07. The normalized spacial score (nSPS) is 28.4. The number of hydrogen-bond donors (Lipinski definition) is 1. The minimum atomic E-state index is 0.612. The molecule has 0 aliphatic carbocycles. The van der Waals surface area contributed by atoms with Crippen LogP contribution in [-0.4, -0.2) is 36.6 Å². The average Bonchev–Trinajstić information content (AvgIpc) is 2.52. The first kappa shape index (κ1) is 9.47. The number of nitrogens with zero attached hydrogens (tertiary/aromatic N) is 1. The highest BCUT2D eigenvalue weighted by atomic mass is 15.2. The summed E-state index contributed by atoms with van der Waals surface area (Å²) in [5, 5.41) is 3.47. The monoisotopic (exact) mass is 182 g/mol. The summed E-state index contributed by atoms with van der Waals surface area (Å²) >= 11 is 0. The molecule has 2 saturated heterocycles. The molecule has 76 valence electrons. The first-order valence-electron chi connectivity index (χ1n) is 5.83. The predicted octanol–water partition coefficient (Wildman–Crippen LogP) is 1.61. The summed E-state index contributed by atoms with van der Waals surface area (Å²) in [6.07, 6.45) is 6.96. The Balaban J connectivity index is 2.00. The Morgan fingerprint density at radius 3 is 2.69 bits per heavy atom. The summed E-state index contributed by atoms with van der Waals surface area (Å²) in [7, 11) is 0. The third kappa shape index (κ3) is 1.75. The van der Waals surface area contributed by atoms with Gasteiger partial charge in [0, 0.05) is 5.54 Å². The first-order valence-corrected chi connectivity index (χ1v) is 5.83. The molecule has 0 saturated carbocycles. The minimum Gasteiger partial charge on any atom is -0.317 e. The van der Waals surface area contributed by atoms with Crippen LogP contribution in [0.4, 0.5) is 0 Å². The van der Waals surface area contributed by atoms with Gasteiger partial charge in [0.1, 0.15) is 0 Å². The van der Waals surface area contributed by atoms with E-state index in [4.69, 9.17) is 0 Å². The molecular formula is C11H22N2. The summed E-state index contributed by atoms with van der Waals surface area (Å²) < 4.78 is 0. The molecule has 1 spiro atoms. The lowest BCUT2D eigenvalue weighted by Crippen LogP contribution is -2.51. The molecule has 1 N–H and O–H groups in total. The van der Waals surface area contributed by atoms with E-state index in [1.807, 2.05) is 0 Å². The van der Waals surface area contributed by atoms with Crippen molar-refractivity contribution in [1.82, 2.24) is 10.2 Å². The van der Waals surface area contributed by atoms with E-state index in [2.05, 4.69) is 17.1 Å². The largest absolute Gasteiger partial charge is 0.317 e. The second-order valence-electron chi connectivity index (χ2n) is 4.56. The average molecular weight is 182 g/mol. The number of hydrogen-bond acceptors (Lipinski definition) is 2.